The Balaban J connectivity index is 1.99. The Hall–Kier alpha value is -1.86. The van der Waals surface area contributed by atoms with Gasteiger partial charge in [0.1, 0.15) is 0 Å². The summed E-state index contributed by atoms with van der Waals surface area (Å²) in [6.07, 6.45) is 1.71. The van der Waals surface area contributed by atoms with Gasteiger partial charge in [0, 0.05) is 0 Å². The summed E-state index contributed by atoms with van der Waals surface area (Å²) in [5.41, 5.74) is 4.41. The monoisotopic (exact) mass is 290 g/mol. The van der Waals surface area contributed by atoms with Crippen LogP contribution in [0.2, 0.25) is 0 Å². The molecule has 0 radical (unpaired) electrons. The third-order valence-electron chi connectivity index (χ3n) is 5.46. The van der Waals surface area contributed by atoms with Gasteiger partial charge >= 0.3 is 0 Å². The fraction of sp³-hybridized carbons (Fsp3) is 0.333. The minimum Gasteiger partial charge on any atom is -0.385 e. The van der Waals surface area contributed by atoms with Crippen molar-refractivity contribution in [3.8, 4) is 0 Å². The van der Waals surface area contributed by atoms with E-state index in [0.29, 0.717) is 5.92 Å². The van der Waals surface area contributed by atoms with E-state index in [1.807, 2.05) is 6.07 Å². The Labute approximate surface area is 132 Å². The van der Waals surface area contributed by atoms with Crippen LogP contribution in [0.15, 0.2) is 60.7 Å². The number of rotatable bonds is 2. The average Bonchev–Trinajstić information content (AvgIpc) is 2.94. The average molecular weight is 290 g/mol. The first kappa shape index (κ1) is 13.8. The largest absolute Gasteiger partial charge is 0.385 e. The predicted molar refractivity (Wildman–Crippen MR) is 91.2 cm³/mol. The Bertz CT molecular complexity index is 727. The summed E-state index contributed by atoms with van der Waals surface area (Å²) in [4.78, 5) is 0. The highest BCUT2D eigenvalue weighted by Gasteiger charge is 2.58. The highest BCUT2D eigenvalue weighted by Crippen LogP contribution is 2.65. The van der Waals surface area contributed by atoms with Crippen LogP contribution in [-0.2, 0) is 0 Å². The van der Waals surface area contributed by atoms with Crippen LogP contribution < -0.4 is 0 Å². The zero-order valence-electron chi connectivity index (χ0n) is 13.2. The zero-order valence-corrected chi connectivity index (χ0v) is 13.2. The molecule has 2 aromatic rings. The minimum atomic E-state index is -0.680. The van der Waals surface area contributed by atoms with E-state index in [1.54, 1.807) is 0 Å². The standard InChI is InChI=1S/C21H22O/c1-20(2)14-21(22)13-17(20)18(15-9-5-3-6-10-15)19(21)16-11-7-4-8-12-16/h3-12,17,22H,13-14H2,1-2H3. The zero-order chi connectivity index (χ0) is 15.4. The quantitative estimate of drug-likeness (QED) is 0.844. The first-order valence-electron chi connectivity index (χ1n) is 8.09. The molecular weight excluding hydrogens is 268 g/mol. The predicted octanol–water partition coefficient (Wildman–Crippen LogP) is 4.78. The second-order valence-electron chi connectivity index (χ2n) is 7.47. The summed E-state index contributed by atoms with van der Waals surface area (Å²) >= 11 is 0. The van der Waals surface area contributed by atoms with Crippen molar-refractivity contribution in [3.63, 3.8) is 0 Å². The van der Waals surface area contributed by atoms with E-state index >= 15 is 0 Å². The van der Waals surface area contributed by atoms with Crippen LogP contribution in [0.3, 0.4) is 0 Å². The second kappa shape index (κ2) is 4.57. The maximum absolute atomic E-state index is 11.4. The van der Waals surface area contributed by atoms with Crippen LogP contribution in [0, 0.1) is 11.3 Å². The van der Waals surface area contributed by atoms with E-state index < -0.39 is 5.60 Å². The third kappa shape index (κ3) is 1.89. The van der Waals surface area contributed by atoms with E-state index in [9.17, 15) is 5.11 Å². The van der Waals surface area contributed by atoms with Gasteiger partial charge in [-0.3, -0.25) is 0 Å². The minimum absolute atomic E-state index is 0.151. The molecule has 2 bridgehead atoms. The Kier molecular flexibility index (Phi) is 2.86. The molecule has 0 aromatic heterocycles. The Morgan fingerprint density at radius 3 is 2.00 bits per heavy atom. The SMILES string of the molecule is CC1(C)CC2(O)CC1C(c1ccccc1)=C2c1ccccc1. The molecule has 0 aliphatic heterocycles. The van der Waals surface area contributed by atoms with Gasteiger partial charge in [0.2, 0.25) is 0 Å². The molecule has 2 aromatic carbocycles. The van der Waals surface area contributed by atoms with Gasteiger partial charge in [0.15, 0.2) is 0 Å². The number of fused-ring (bicyclic) bond motifs is 2. The molecule has 22 heavy (non-hydrogen) atoms. The number of hydrogen-bond acceptors (Lipinski definition) is 1. The molecule has 2 unspecified atom stereocenters. The first-order chi connectivity index (χ1) is 10.5. The normalized spacial score (nSPS) is 29.1. The topological polar surface area (TPSA) is 20.2 Å². The molecule has 1 N–H and O–H groups in total. The van der Waals surface area contributed by atoms with Crippen LogP contribution in [0.4, 0.5) is 0 Å². The van der Waals surface area contributed by atoms with Crippen LogP contribution in [0.25, 0.3) is 11.1 Å². The maximum atomic E-state index is 11.4. The van der Waals surface area contributed by atoms with Crippen molar-refractivity contribution in [3.05, 3.63) is 71.8 Å². The summed E-state index contributed by atoms with van der Waals surface area (Å²) in [6.45, 7) is 4.58. The van der Waals surface area contributed by atoms with Gasteiger partial charge in [-0.2, -0.15) is 0 Å². The lowest BCUT2D eigenvalue weighted by atomic mass is 9.69. The Morgan fingerprint density at radius 2 is 1.41 bits per heavy atom. The fourth-order valence-corrected chi connectivity index (χ4v) is 4.66. The smallest absolute Gasteiger partial charge is 0.0916 e. The van der Waals surface area contributed by atoms with Gasteiger partial charge in [-0.15, -0.1) is 0 Å². The van der Waals surface area contributed by atoms with Crippen molar-refractivity contribution >= 4 is 11.1 Å². The molecule has 0 saturated heterocycles. The first-order valence-corrected chi connectivity index (χ1v) is 8.09. The lowest BCUT2D eigenvalue weighted by Gasteiger charge is -2.36. The molecule has 1 nitrogen and oxygen atoms in total. The van der Waals surface area contributed by atoms with Gasteiger partial charge in [-0.05, 0) is 46.4 Å². The molecule has 0 amide bonds. The molecule has 112 valence electrons. The van der Waals surface area contributed by atoms with Crippen molar-refractivity contribution in [2.75, 3.05) is 0 Å². The van der Waals surface area contributed by atoms with Crippen molar-refractivity contribution in [1.82, 2.24) is 0 Å². The number of allylic oxidation sites excluding steroid dienone is 1. The van der Waals surface area contributed by atoms with Crippen LogP contribution >= 0.6 is 0 Å². The summed E-state index contributed by atoms with van der Waals surface area (Å²) < 4.78 is 0. The molecule has 2 atom stereocenters. The van der Waals surface area contributed by atoms with Crippen molar-refractivity contribution in [2.45, 2.75) is 32.3 Å². The van der Waals surface area contributed by atoms with Gasteiger partial charge in [0.05, 0.1) is 5.60 Å². The third-order valence-corrected chi connectivity index (χ3v) is 5.46. The summed E-state index contributed by atoms with van der Waals surface area (Å²) in [6, 6.07) is 21.0. The molecule has 4 rings (SSSR count). The summed E-state index contributed by atoms with van der Waals surface area (Å²) in [5, 5.41) is 11.4. The van der Waals surface area contributed by atoms with E-state index in [1.165, 1.54) is 16.7 Å². The highest BCUT2D eigenvalue weighted by molar-refractivity contribution is 5.99. The van der Waals surface area contributed by atoms with Gasteiger partial charge in [-0.25, -0.2) is 0 Å². The summed E-state index contributed by atoms with van der Waals surface area (Å²) in [5.74, 6) is 0.426. The van der Waals surface area contributed by atoms with Crippen LogP contribution in [0.1, 0.15) is 37.8 Å². The lowest BCUT2D eigenvalue weighted by molar-refractivity contribution is 0.0984. The van der Waals surface area contributed by atoms with E-state index in [0.717, 1.165) is 18.4 Å². The number of aliphatic hydroxyl groups is 1. The van der Waals surface area contributed by atoms with Crippen molar-refractivity contribution in [1.29, 1.82) is 0 Å². The van der Waals surface area contributed by atoms with Crippen LogP contribution in [0.5, 0.6) is 0 Å². The molecule has 2 aliphatic rings. The molecule has 1 heteroatoms. The maximum Gasteiger partial charge on any atom is 0.0916 e. The van der Waals surface area contributed by atoms with Crippen molar-refractivity contribution < 1.29 is 5.11 Å². The van der Waals surface area contributed by atoms with Gasteiger partial charge < -0.3 is 5.11 Å². The highest BCUT2D eigenvalue weighted by atomic mass is 16.3. The van der Waals surface area contributed by atoms with Crippen molar-refractivity contribution in [2.24, 2.45) is 11.3 Å². The van der Waals surface area contributed by atoms with Crippen LogP contribution in [-0.4, -0.2) is 10.7 Å². The molecule has 0 heterocycles. The molecule has 1 fully saturated rings. The number of hydrogen-bond donors (Lipinski definition) is 1. The van der Waals surface area contributed by atoms with E-state index in [2.05, 4.69) is 68.4 Å². The van der Waals surface area contributed by atoms with E-state index in [4.69, 9.17) is 0 Å². The molecular formula is C21H22O. The molecule has 0 spiro atoms. The Morgan fingerprint density at radius 1 is 0.864 bits per heavy atom. The molecule has 2 aliphatic carbocycles. The van der Waals surface area contributed by atoms with E-state index in [-0.39, 0.29) is 5.41 Å². The lowest BCUT2D eigenvalue weighted by Crippen LogP contribution is -2.30. The molecule has 1 saturated carbocycles. The van der Waals surface area contributed by atoms with Gasteiger partial charge in [0.25, 0.3) is 0 Å². The summed E-state index contributed by atoms with van der Waals surface area (Å²) in [7, 11) is 0. The fourth-order valence-electron chi connectivity index (χ4n) is 4.66. The number of benzene rings is 2. The second-order valence-corrected chi connectivity index (χ2v) is 7.47. The van der Waals surface area contributed by atoms with Gasteiger partial charge in [-0.1, -0.05) is 74.5 Å².